The van der Waals surface area contributed by atoms with Crippen LogP contribution >= 0.6 is 0 Å². The molecule has 216 valence electrons. The first-order valence-corrected chi connectivity index (χ1v) is 13.6. The zero-order chi connectivity index (χ0) is 29.2. The number of aliphatic imine (C=N–C) groups is 1. The number of aromatic nitrogens is 2. The van der Waals surface area contributed by atoms with Crippen molar-refractivity contribution in [1.29, 1.82) is 0 Å². The molecular weight excluding hydrogens is 526 g/mol. The predicted molar refractivity (Wildman–Crippen MR) is 155 cm³/mol. The molecule has 3 heterocycles. The molecule has 12 heteroatoms. The van der Waals surface area contributed by atoms with Gasteiger partial charge in [-0.05, 0) is 51.5 Å². The Morgan fingerprint density at radius 2 is 1.78 bits per heavy atom. The van der Waals surface area contributed by atoms with Crippen LogP contribution in [-0.2, 0) is 14.3 Å². The van der Waals surface area contributed by atoms with Gasteiger partial charge in [0.05, 0.1) is 17.7 Å². The Kier molecular flexibility index (Phi) is 7.68. The number of H-pyrrole nitrogens is 1. The number of benzene rings is 2. The third-order valence-electron chi connectivity index (χ3n) is 6.93. The van der Waals surface area contributed by atoms with Crippen LogP contribution in [0.4, 0.5) is 16.4 Å². The predicted octanol–water partition coefficient (Wildman–Crippen LogP) is 3.60. The van der Waals surface area contributed by atoms with Crippen molar-refractivity contribution >= 4 is 46.8 Å². The molecule has 2 aliphatic heterocycles. The van der Waals surface area contributed by atoms with E-state index in [4.69, 9.17) is 9.47 Å². The van der Waals surface area contributed by atoms with Crippen LogP contribution in [0.2, 0.25) is 0 Å². The molecule has 2 aliphatic rings. The third-order valence-corrected chi connectivity index (χ3v) is 6.93. The molecule has 0 saturated carbocycles. The second-order valence-electron chi connectivity index (χ2n) is 11.2. The molecule has 1 fully saturated rings. The van der Waals surface area contributed by atoms with Crippen molar-refractivity contribution < 1.29 is 23.9 Å². The molecule has 4 N–H and O–H groups in total. The van der Waals surface area contributed by atoms with Gasteiger partial charge < -0.3 is 24.7 Å². The zero-order valence-corrected chi connectivity index (χ0v) is 23.6. The minimum absolute atomic E-state index is 0.0931. The van der Waals surface area contributed by atoms with E-state index in [0.717, 1.165) is 11.1 Å². The number of nitrogens with one attached hydrogen (secondary N) is 4. The molecular formula is C29H35N7O5. The smallest absolute Gasteiger partial charge is 0.410 e. The van der Waals surface area contributed by atoms with E-state index in [9.17, 15) is 14.4 Å². The summed E-state index contributed by atoms with van der Waals surface area (Å²) in [5, 5.41) is 8.49. The van der Waals surface area contributed by atoms with Crippen molar-refractivity contribution in [3.63, 3.8) is 0 Å². The van der Waals surface area contributed by atoms with Crippen LogP contribution in [0.1, 0.15) is 39.2 Å². The van der Waals surface area contributed by atoms with E-state index in [1.54, 1.807) is 11.0 Å². The van der Waals surface area contributed by atoms with Gasteiger partial charge in [-0.1, -0.05) is 18.2 Å². The summed E-state index contributed by atoms with van der Waals surface area (Å²) in [4.78, 5) is 52.5. The van der Waals surface area contributed by atoms with E-state index in [0.29, 0.717) is 42.9 Å². The number of hydrogen-bond donors (Lipinski definition) is 4. The van der Waals surface area contributed by atoms with Crippen molar-refractivity contribution in [2.45, 2.75) is 57.8 Å². The summed E-state index contributed by atoms with van der Waals surface area (Å²) >= 11 is 0. The van der Waals surface area contributed by atoms with Gasteiger partial charge in [-0.15, -0.1) is 0 Å². The van der Waals surface area contributed by atoms with Crippen LogP contribution in [-0.4, -0.2) is 76.0 Å². The number of rotatable bonds is 6. The molecule has 1 aromatic heterocycles. The second kappa shape index (κ2) is 11.2. The van der Waals surface area contributed by atoms with Gasteiger partial charge in [0.25, 0.3) is 11.8 Å². The fourth-order valence-corrected chi connectivity index (χ4v) is 4.70. The van der Waals surface area contributed by atoms with Gasteiger partial charge in [0.15, 0.2) is 0 Å². The minimum Gasteiger partial charge on any atom is -0.490 e. The van der Waals surface area contributed by atoms with E-state index in [1.165, 1.54) is 6.21 Å². The molecule has 1 saturated heterocycles. The Labute approximate surface area is 237 Å². The van der Waals surface area contributed by atoms with E-state index in [1.807, 2.05) is 64.1 Å². The Hall–Kier alpha value is -4.45. The Bertz CT molecular complexity index is 1450. The summed E-state index contributed by atoms with van der Waals surface area (Å²) in [7, 11) is 0. The highest BCUT2D eigenvalue weighted by Gasteiger charge is 2.47. The summed E-state index contributed by atoms with van der Waals surface area (Å²) in [6, 6.07) is 12.8. The summed E-state index contributed by atoms with van der Waals surface area (Å²) in [6.45, 7) is 8.57. The summed E-state index contributed by atoms with van der Waals surface area (Å²) in [5.74, 6) is -0.388. The Morgan fingerprint density at radius 3 is 2.46 bits per heavy atom. The molecule has 0 aliphatic carbocycles. The first-order chi connectivity index (χ1) is 19.5. The van der Waals surface area contributed by atoms with Crippen molar-refractivity contribution in [1.82, 2.24) is 20.2 Å². The van der Waals surface area contributed by atoms with Gasteiger partial charge in [0.1, 0.15) is 17.5 Å². The molecule has 3 amide bonds. The van der Waals surface area contributed by atoms with Crippen LogP contribution in [0, 0.1) is 6.92 Å². The number of carbonyl (C=O) groups excluding carboxylic acids is 3. The fraction of sp³-hybridized carbons (Fsp3) is 0.414. The van der Waals surface area contributed by atoms with Crippen molar-refractivity contribution in [3.8, 4) is 5.75 Å². The summed E-state index contributed by atoms with van der Waals surface area (Å²) in [6.07, 6.45) is 2.21. The Balaban J connectivity index is 1.23. The Morgan fingerprint density at radius 1 is 1.05 bits per heavy atom. The third kappa shape index (κ3) is 6.32. The molecule has 3 aromatic rings. The van der Waals surface area contributed by atoms with Gasteiger partial charge in [-0.25, -0.2) is 9.78 Å². The topological polar surface area (TPSA) is 150 Å². The van der Waals surface area contributed by atoms with Crippen molar-refractivity contribution in [2.75, 3.05) is 30.4 Å². The molecule has 2 aromatic carbocycles. The largest absolute Gasteiger partial charge is 0.490 e. The monoisotopic (exact) mass is 561 g/mol. The quantitative estimate of drug-likeness (QED) is 0.336. The highest BCUT2D eigenvalue weighted by atomic mass is 16.6. The SMILES string of the molecule is Cc1ccc(OC2CCN(C(=O)OC(C)(C)C)CC2)cc1NC(=O)C1(C(=O)Nc2nc3ccccc3[nH]2)C=NCN1. The number of carbonyl (C=O) groups is 3. The maximum atomic E-state index is 13.5. The van der Waals surface area contributed by atoms with Gasteiger partial charge in [0, 0.05) is 43.9 Å². The molecule has 41 heavy (non-hydrogen) atoms. The van der Waals surface area contributed by atoms with Crippen LogP contribution < -0.4 is 20.7 Å². The van der Waals surface area contributed by atoms with E-state index < -0.39 is 23.0 Å². The number of likely N-dealkylation sites (tertiary alicyclic amines) is 1. The standard InChI is InChI=1S/C29H35N7O5/c1-18-9-10-20(40-19-11-13-36(14-12-19)27(39)41-28(2,3)4)15-23(18)32-24(37)29(16-30-17-31-29)25(38)35-26-33-21-7-5-6-8-22(21)34-26/h5-10,15-16,19,31H,11-14,17H2,1-4H3,(H,32,37)(H2,33,34,35,38). The number of nitrogens with zero attached hydrogens (tertiary/aromatic N) is 3. The lowest BCUT2D eigenvalue weighted by Gasteiger charge is -2.33. The summed E-state index contributed by atoms with van der Waals surface area (Å²) < 4.78 is 11.7. The van der Waals surface area contributed by atoms with Gasteiger partial charge in [-0.2, -0.15) is 0 Å². The van der Waals surface area contributed by atoms with Crippen LogP contribution in [0.5, 0.6) is 5.75 Å². The minimum atomic E-state index is -1.73. The average Bonchev–Trinajstić information content (AvgIpc) is 3.58. The molecule has 1 unspecified atom stereocenters. The molecule has 0 radical (unpaired) electrons. The van der Waals surface area contributed by atoms with Gasteiger partial charge >= 0.3 is 6.09 Å². The van der Waals surface area contributed by atoms with Crippen LogP contribution in [0.15, 0.2) is 47.5 Å². The first-order valence-electron chi connectivity index (χ1n) is 13.6. The van der Waals surface area contributed by atoms with Crippen molar-refractivity contribution in [2.24, 2.45) is 4.99 Å². The maximum absolute atomic E-state index is 13.5. The van der Waals surface area contributed by atoms with Crippen molar-refractivity contribution in [3.05, 3.63) is 48.0 Å². The number of piperidine rings is 1. The van der Waals surface area contributed by atoms with Crippen LogP contribution in [0.3, 0.4) is 0 Å². The number of amides is 3. The summed E-state index contributed by atoms with van der Waals surface area (Å²) in [5.41, 5.74) is 0.496. The van der Waals surface area contributed by atoms with E-state index in [2.05, 4.69) is 30.9 Å². The maximum Gasteiger partial charge on any atom is 0.410 e. The molecule has 5 rings (SSSR count). The molecule has 0 spiro atoms. The zero-order valence-electron chi connectivity index (χ0n) is 23.6. The van der Waals surface area contributed by atoms with E-state index in [-0.39, 0.29) is 24.8 Å². The number of para-hydroxylation sites is 2. The highest BCUT2D eigenvalue weighted by Crippen LogP contribution is 2.27. The lowest BCUT2D eigenvalue weighted by molar-refractivity contribution is -0.129. The number of fused-ring (bicyclic) bond motifs is 1. The fourth-order valence-electron chi connectivity index (χ4n) is 4.70. The second-order valence-corrected chi connectivity index (χ2v) is 11.2. The van der Waals surface area contributed by atoms with Gasteiger partial charge in [0.2, 0.25) is 11.5 Å². The number of ether oxygens (including phenoxy) is 2. The molecule has 0 bridgehead atoms. The number of aryl methyl sites for hydroxylation is 1. The average molecular weight is 562 g/mol. The number of aromatic amines is 1. The van der Waals surface area contributed by atoms with Crippen LogP contribution in [0.25, 0.3) is 11.0 Å². The highest BCUT2D eigenvalue weighted by molar-refractivity contribution is 6.30. The number of anilines is 2. The lowest BCUT2D eigenvalue weighted by atomic mass is 9.99. The van der Waals surface area contributed by atoms with E-state index >= 15 is 0 Å². The normalized spacial score (nSPS) is 19.3. The first kappa shape index (κ1) is 28.1. The van der Waals surface area contributed by atoms with Gasteiger partial charge in [-0.3, -0.25) is 25.2 Å². The molecule has 12 nitrogen and oxygen atoms in total. The number of hydrogen-bond acceptors (Lipinski definition) is 8. The number of imidazole rings is 1. The lowest BCUT2D eigenvalue weighted by Crippen LogP contribution is -2.61. The molecule has 1 atom stereocenters.